The largest absolute Gasteiger partial charge is 0.496 e. The Labute approximate surface area is 150 Å². The van der Waals surface area contributed by atoms with Crippen molar-refractivity contribution in [2.24, 2.45) is 0 Å². The zero-order valence-electron chi connectivity index (χ0n) is 14.2. The number of nitrogens with zero attached hydrogens (tertiary/aromatic N) is 2. The third-order valence-corrected chi connectivity index (χ3v) is 4.29. The number of para-hydroxylation sites is 1. The molecule has 0 spiro atoms. The monoisotopic (exact) mass is 347 g/mol. The van der Waals surface area contributed by atoms with Gasteiger partial charge in [-0.2, -0.15) is 0 Å². The number of amides is 1. The molecule has 0 saturated carbocycles. The van der Waals surface area contributed by atoms with Crippen LogP contribution in [0.3, 0.4) is 0 Å². The highest BCUT2D eigenvalue weighted by Crippen LogP contribution is 2.41. The van der Waals surface area contributed by atoms with Gasteiger partial charge < -0.3 is 14.8 Å². The number of anilines is 1. The van der Waals surface area contributed by atoms with E-state index < -0.39 is 0 Å². The van der Waals surface area contributed by atoms with Crippen LogP contribution in [0.4, 0.5) is 5.82 Å². The molecule has 0 saturated heterocycles. The van der Waals surface area contributed by atoms with Gasteiger partial charge in [-0.25, -0.2) is 4.98 Å². The van der Waals surface area contributed by atoms with Crippen molar-refractivity contribution in [3.05, 3.63) is 66.1 Å². The highest BCUT2D eigenvalue weighted by Gasteiger charge is 2.24. The third kappa shape index (κ3) is 2.86. The molecule has 130 valence electrons. The molecule has 1 amide bonds. The number of hydrogen-bond donors (Lipinski definition) is 1. The van der Waals surface area contributed by atoms with Crippen LogP contribution < -0.4 is 14.8 Å². The SMILES string of the molecule is COc1ccccc1-c1cnc(NC(=O)c2cccnc2)c2c1CCO2. The van der Waals surface area contributed by atoms with E-state index in [1.54, 1.807) is 31.6 Å². The van der Waals surface area contributed by atoms with Crippen molar-refractivity contribution in [3.8, 4) is 22.6 Å². The Kier molecular flexibility index (Phi) is 4.23. The van der Waals surface area contributed by atoms with Crippen molar-refractivity contribution in [3.63, 3.8) is 0 Å². The molecule has 1 aromatic carbocycles. The minimum Gasteiger partial charge on any atom is -0.496 e. The van der Waals surface area contributed by atoms with Crippen molar-refractivity contribution < 1.29 is 14.3 Å². The number of aromatic nitrogens is 2. The summed E-state index contributed by atoms with van der Waals surface area (Å²) in [6.07, 6.45) is 5.64. The average molecular weight is 347 g/mol. The van der Waals surface area contributed by atoms with E-state index >= 15 is 0 Å². The second kappa shape index (κ2) is 6.84. The summed E-state index contributed by atoms with van der Waals surface area (Å²) in [4.78, 5) is 20.8. The molecule has 6 nitrogen and oxygen atoms in total. The quantitative estimate of drug-likeness (QED) is 0.783. The predicted molar refractivity (Wildman–Crippen MR) is 97.6 cm³/mol. The van der Waals surface area contributed by atoms with Crippen molar-refractivity contribution in [2.75, 3.05) is 19.0 Å². The Balaban J connectivity index is 1.72. The van der Waals surface area contributed by atoms with Gasteiger partial charge in [-0.15, -0.1) is 0 Å². The summed E-state index contributed by atoms with van der Waals surface area (Å²) in [5, 5.41) is 2.82. The maximum Gasteiger partial charge on any atom is 0.258 e. The number of fused-ring (bicyclic) bond motifs is 1. The standard InChI is InChI=1S/C20H17N3O3/c1-25-17-7-3-2-6-14(17)16-12-22-19(18-15(16)8-10-26-18)23-20(24)13-5-4-9-21-11-13/h2-7,9,11-12H,8,10H2,1H3,(H,22,23,24). The fraction of sp³-hybridized carbons (Fsp3) is 0.150. The van der Waals surface area contributed by atoms with E-state index in [9.17, 15) is 4.79 Å². The lowest BCUT2D eigenvalue weighted by molar-refractivity contribution is 0.102. The number of methoxy groups -OCH3 is 1. The van der Waals surface area contributed by atoms with Gasteiger partial charge in [0.25, 0.3) is 5.91 Å². The Morgan fingerprint density at radius 1 is 1.15 bits per heavy atom. The normalized spacial score (nSPS) is 12.2. The molecule has 1 N–H and O–H groups in total. The number of carbonyl (C=O) groups is 1. The molecule has 1 aliphatic heterocycles. The number of rotatable bonds is 4. The van der Waals surface area contributed by atoms with Gasteiger partial charge in [0.2, 0.25) is 0 Å². The summed E-state index contributed by atoms with van der Waals surface area (Å²) in [5.41, 5.74) is 3.39. The summed E-state index contributed by atoms with van der Waals surface area (Å²) in [6.45, 7) is 0.555. The molecule has 26 heavy (non-hydrogen) atoms. The lowest BCUT2D eigenvalue weighted by Crippen LogP contribution is -2.14. The zero-order valence-corrected chi connectivity index (χ0v) is 14.2. The van der Waals surface area contributed by atoms with Crippen LogP contribution in [-0.2, 0) is 6.42 Å². The van der Waals surface area contributed by atoms with Gasteiger partial charge in [-0.05, 0) is 18.2 Å². The second-order valence-electron chi connectivity index (χ2n) is 5.82. The molecule has 0 radical (unpaired) electrons. The first-order chi connectivity index (χ1) is 12.8. The van der Waals surface area contributed by atoms with E-state index in [-0.39, 0.29) is 5.91 Å². The molecular weight excluding hydrogens is 330 g/mol. The number of nitrogens with one attached hydrogen (secondary N) is 1. The fourth-order valence-electron chi connectivity index (χ4n) is 3.05. The minimum absolute atomic E-state index is 0.270. The van der Waals surface area contributed by atoms with Gasteiger partial charge in [0.05, 0.1) is 19.3 Å². The van der Waals surface area contributed by atoms with E-state index in [1.165, 1.54) is 6.20 Å². The van der Waals surface area contributed by atoms with Crippen molar-refractivity contribution in [1.29, 1.82) is 0 Å². The molecule has 0 aliphatic carbocycles. The Morgan fingerprint density at radius 2 is 2.04 bits per heavy atom. The van der Waals surface area contributed by atoms with Gasteiger partial charge in [0, 0.05) is 41.7 Å². The number of carbonyl (C=O) groups excluding carboxylic acids is 1. The lowest BCUT2D eigenvalue weighted by Gasteiger charge is -2.14. The highest BCUT2D eigenvalue weighted by molar-refractivity contribution is 6.04. The van der Waals surface area contributed by atoms with Gasteiger partial charge in [0.15, 0.2) is 11.6 Å². The van der Waals surface area contributed by atoms with Crippen LogP contribution in [0.15, 0.2) is 55.0 Å². The van der Waals surface area contributed by atoms with Crippen molar-refractivity contribution >= 4 is 11.7 Å². The molecule has 6 heteroatoms. The molecule has 3 heterocycles. The Bertz CT molecular complexity index is 958. The van der Waals surface area contributed by atoms with Crippen LogP contribution in [0.25, 0.3) is 11.1 Å². The lowest BCUT2D eigenvalue weighted by atomic mass is 9.99. The van der Waals surface area contributed by atoms with Crippen LogP contribution >= 0.6 is 0 Å². The second-order valence-corrected chi connectivity index (χ2v) is 5.82. The Hall–Kier alpha value is -3.41. The highest BCUT2D eigenvalue weighted by atomic mass is 16.5. The first-order valence-electron chi connectivity index (χ1n) is 8.27. The molecule has 3 aromatic rings. The number of ether oxygens (including phenoxy) is 2. The summed E-state index contributed by atoms with van der Waals surface area (Å²) in [5.74, 6) is 1.54. The number of hydrogen-bond acceptors (Lipinski definition) is 5. The number of pyridine rings is 2. The zero-order chi connectivity index (χ0) is 17.9. The first-order valence-corrected chi connectivity index (χ1v) is 8.27. The summed E-state index contributed by atoms with van der Waals surface area (Å²) >= 11 is 0. The third-order valence-electron chi connectivity index (χ3n) is 4.29. The number of benzene rings is 1. The van der Waals surface area contributed by atoms with Gasteiger partial charge >= 0.3 is 0 Å². The fourth-order valence-corrected chi connectivity index (χ4v) is 3.05. The van der Waals surface area contributed by atoms with E-state index in [1.807, 2.05) is 24.3 Å². The van der Waals surface area contributed by atoms with E-state index in [4.69, 9.17) is 9.47 Å². The molecule has 0 fully saturated rings. The molecule has 1 aliphatic rings. The van der Waals surface area contributed by atoms with E-state index in [2.05, 4.69) is 15.3 Å². The van der Waals surface area contributed by atoms with Gasteiger partial charge in [0.1, 0.15) is 5.75 Å². The summed E-state index contributed by atoms with van der Waals surface area (Å²) < 4.78 is 11.2. The molecule has 0 atom stereocenters. The summed E-state index contributed by atoms with van der Waals surface area (Å²) in [7, 11) is 1.64. The van der Waals surface area contributed by atoms with Crippen LogP contribution in [0, 0.1) is 0 Å². The van der Waals surface area contributed by atoms with Gasteiger partial charge in [-0.3, -0.25) is 9.78 Å². The Morgan fingerprint density at radius 3 is 2.85 bits per heavy atom. The van der Waals surface area contributed by atoms with Crippen LogP contribution in [0.5, 0.6) is 11.5 Å². The van der Waals surface area contributed by atoms with Gasteiger partial charge in [-0.1, -0.05) is 18.2 Å². The molecule has 0 unspecified atom stereocenters. The first kappa shape index (κ1) is 16.1. The van der Waals surface area contributed by atoms with Crippen LogP contribution in [-0.4, -0.2) is 29.6 Å². The van der Waals surface area contributed by atoms with Crippen molar-refractivity contribution in [2.45, 2.75) is 6.42 Å². The smallest absolute Gasteiger partial charge is 0.258 e. The molecule has 2 aromatic heterocycles. The van der Waals surface area contributed by atoms with Crippen LogP contribution in [0.2, 0.25) is 0 Å². The van der Waals surface area contributed by atoms with Crippen molar-refractivity contribution in [1.82, 2.24) is 9.97 Å². The summed E-state index contributed by atoms with van der Waals surface area (Å²) in [6, 6.07) is 11.2. The van der Waals surface area contributed by atoms with Crippen LogP contribution in [0.1, 0.15) is 15.9 Å². The molecule has 4 rings (SSSR count). The maximum absolute atomic E-state index is 12.4. The minimum atomic E-state index is -0.270. The van der Waals surface area contributed by atoms with E-state index in [0.717, 1.165) is 28.9 Å². The molecular formula is C20H17N3O3. The predicted octanol–water partition coefficient (Wildman–Crippen LogP) is 3.34. The maximum atomic E-state index is 12.4. The molecule has 0 bridgehead atoms. The topological polar surface area (TPSA) is 73.3 Å². The van der Waals surface area contributed by atoms with E-state index in [0.29, 0.717) is 23.7 Å². The average Bonchev–Trinajstić information content (AvgIpc) is 3.19.